The lowest BCUT2D eigenvalue weighted by Crippen LogP contribution is -2.52. The Labute approximate surface area is 118 Å². The van der Waals surface area contributed by atoms with Crippen molar-refractivity contribution in [1.29, 1.82) is 0 Å². The average Bonchev–Trinajstić information content (AvgIpc) is 3.01. The van der Waals surface area contributed by atoms with E-state index in [9.17, 15) is 4.79 Å². The van der Waals surface area contributed by atoms with E-state index in [1.807, 2.05) is 0 Å². The maximum absolute atomic E-state index is 12.8. The smallest absolute Gasteiger partial charge is 0.153 e. The van der Waals surface area contributed by atoms with Crippen LogP contribution in [0.25, 0.3) is 0 Å². The SMILES string of the molecule is CCN(CC)C(C)(CC)C(=O)CC1CC2CCC1C2. The summed E-state index contributed by atoms with van der Waals surface area (Å²) in [5.41, 5.74) is -0.231. The predicted octanol–water partition coefficient (Wildman–Crippen LogP) is 3.89. The van der Waals surface area contributed by atoms with Gasteiger partial charge in [0.25, 0.3) is 0 Å². The molecule has 2 saturated carbocycles. The van der Waals surface area contributed by atoms with Gasteiger partial charge in [0.05, 0.1) is 5.54 Å². The first-order valence-corrected chi connectivity index (χ1v) is 8.33. The molecule has 2 fully saturated rings. The summed E-state index contributed by atoms with van der Waals surface area (Å²) in [7, 11) is 0. The number of hydrogen-bond donors (Lipinski definition) is 0. The molecule has 0 saturated heterocycles. The van der Waals surface area contributed by atoms with Gasteiger partial charge in [-0.15, -0.1) is 0 Å². The van der Waals surface area contributed by atoms with Crippen LogP contribution in [-0.4, -0.2) is 29.3 Å². The number of Topliss-reactive ketones (excluding diaryl/α,β-unsaturated/α-hetero) is 1. The summed E-state index contributed by atoms with van der Waals surface area (Å²) in [6.45, 7) is 10.6. The molecule has 4 unspecified atom stereocenters. The lowest BCUT2D eigenvalue weighted by atomic mass is 9.79. The molecule has 0 heterocycles. The van der Waals surface area contributed by atoms with Gasteiger partial charge < -0.3 is 0 Å². The molecule has 0 aromatic carbocycles. The number of likely N-dealkylation sites (N-methyl/N-ethyl adjacent to an activating group) is 1. The Kier molecular flexibility index (Phi) is 4.70. The minimum absolute atomic E-state index is 0.231. The van der Waals surface area contributed by atoms with Crippen LogP contribution in [0.3, 0.4) is 0 Å². The van der Waals surface area contributed by atoms with Crippen molar-refractivity contribution in [3.05, 3.63) is 0 Å². The normalized spacial score (nSPS) is 32.8. The molecular formula is C17H31NO. The van der Waals surface area contributed by atoms with Gasteiger partial charge in [-0.05, 0) is 63.5 Å². The Balaban J connectivity index is 2.00. The van der Waals surface area contributed by atoms with E-state index in [1.165, 1.54) is 25.7 Å². The number of carbonyl (C=O) groups is 1. The number of rotatable bonds is 7. The lowest BCUT2D eigenvalue weighted by molar-refractivity contribution is -0.132. The first-order valence-electron chi connectivity index (χ1n) is 8.33. The number of ketones is 1. The Morgan fingerprint density at radius 1 is 1.16 bits per heavy atom. The van der Waals surface area contributed by atoms with Gasteiger partial charge in [-0.2, -0.15) is 0 Å². The van der Waals surface area contributed by atoms with Crippen LogP contribution in [0, 0.1) is 17.8 Å². The molecule has 2 aliphatic carbocycles. The minimum atomic E-state index is -0.231. The largest absolute Gasteiger partial charge is 0.298 e. The molecule has 2 aliphatic rings. The standard InChI is InChI=1S/C17H31NO/c1-5-17(4,18(6-2)7-3)16(19)12-15-11-13-8-9-14(15)10-13/h13-15H,5-12H2,1-4H3. The summed E-state index contributed by atoms with van der Waals surface area (Å²) in [5.74, 6) is 3.01. The van der Waals surface area contributed by atoms with Gasteiger partial charge in [0.15, 0.2) is 5.78 Å². The van der Waals surface area contributed by atoms with Crippen molar-refractivity contribution in [3.63, 3.8) is 0 Å². The molecule has 0 radical (unpaired) electrons. The topological polar surface area (TPSA) is 20.3 Å². The van der Waals surface area contributed by atoms with Crippen molar-refractivity contribution >= 4 is 5.78 Å². The summed E-state index contributed by atoms with van der Waals surface area (Å²) in [4.78, 5) is 15.2. The van der Waals surface area contributed by atoms with Crippen LogP contribution in [-0.2, 0) is 4.79 Å². The molecular weight excluding hydrogens is 234 g/mol. The summed E-state index contributed by atoms with van der Waals surface area (Å²) in [6, 6.07) is 0. The highest BCUT2D eigenvalue weighted by molar-refractivity contribution is 5.88. The van der Waals surface area contributed by atoms with Crippen LogP contribution in [0.2, 0.25) is 0 Å². The van der Waals surface area contributed by atoms with Gasteiger partial charge in [0, 0.05) is 6.42 Å². The Morgan fingerprint density at radius 3 is 2.26 bits per heavy atom. The second-order valence-electron chi connectivity index (χ2n) is 6.86. The maximum Gasteiger partial charge on any atom is 0.153 e. The molecule has 0 amide bonds. The van der Waals surface area contributed by atoms with Crippen LogP contribution in [0.15, 0.2) is 0 Å². The number of nitrogens with zero attached hydrogens (tertiary/aromatic N) is 1. The summed E-state index contributed by atoms with van der Waals surface area (Å²) in [5, 5.41) is 0. The highest BCUT2D eigenvalue weighted by Gasteiger charge is 2.43. The second-order valence-corrected chi connectivity index (χ2v) is 6.86. The van der Waals surface area contributed by atoms with Crippen molar-refractivity contribution in [3.8, 4) is 0 Å². The fourth-order valence-corrected chi connectivity index (χ4v) is 4.60. The monoisotopic (exact) mass is 265 g/mol. The molecule has 0 aromatic rings. The summed E-state index contributed by atoms with van der Waals surface area (Å²) < 4.78 is 0. The van der Waals surface area contributed by atoms with Gasteiger partial charge in [-0.1, -0.05) is 27.2 Å². The van der Waals surface area contributed by atoms with E-state index in [0.29, 0.717) is 11.7 Å². The summed E-state index contributed by atoms with van der Waals surface area (Å²) in [6.07, 6.45) is 7.32. The van der Waals surface area contributed by atoms with Crippen LogP contribution in [0.1, 0.15) is 66.2 Å². The van der Waals surface area contributed by atoms with E-state index in [0.717, 1.165) is 37.8 Å². The molecule has 2 bridgehead atoms. The van der Waals surface area contributed by atoms with Gasteiger partial charge in [-0.3, -0.25) is 9.69 Å². The first-order chi connectivity index (χ1) is 9.05. The molecule has 0 spiro atoms. The van der Waals surface area contributed by atoms with Crippen molar-refractivity contribution in [2.75, 3.05) is 13.1 Å². The highest BCUT2D eigenvalue weighted by atomic mass is 16.1. The van der Waals surface area contributed by atoms with E-state index in [-0.39, 0.29) is 5.54 Å². The third-order valence-electron chi connectivity index (χ3n) is 6.08. The van der Waals surface area contributed by atoms with Crippen LogP contribution >= 0.6 is 0 Å². The van der Waals surface area contributed by atoms with Crippen molar-refractivity contribution in [1.82, 2.24) is 4.90 Å². The van der Waals surface area contributed by atoms with E-state index in [4.69, 9.17) is 0 Å². The van der Waals surface area contributed by atoms with Crippen LogP contribution in [0.4, 0.5) is 0 Å². The molecule has 2 heteroatoms. The van der Waals surface area contributed by atoms with Gasteiger partial charge in [-0.25, -0.2) is 0 Å². The van der Waals surface area contributed by atoms with Crippen LogP contribution < -0.4 is 0 Å². The Morgan fingerprint density at radius 2 is 1.84 bits per heavy atom. The third kappa shape index (κ3) is 2.74. The van der Waals surface area contributed by atoms with Crippen molar-refractivity contribution in [2.24, 2.45) is 17.8 Å². The molecule has 2 rings (SSSR count). The number of fused-ring (bicyclic) bond motifs is 2. The summed E-state index contributed by atoms with van der Waals surface area (Å²) >= 11 is 0. The minimum Gasteiger partial charge on any atom is -0.298 e. The fraction of sp³-hybridized carbons (Fsp3) is 0.941. The quantitative estimate of drug-likeness (QED) is 0.696. The Hall–Kier alpha value is -0.370. The fourth-order valence-electron chi connectivity index (χ4n) is 4.60. The first kappa shape index (κ1) is 15.0. The molecule has 110 valence electrons. The second kappa shape index (κ2) is 5.95. The van der Waals surface area contributed by atoms with Gasteiger partial charge in [0.2, 0.25) is 0 Å². The zero-order valence-electron chi connectivity index (χ0n) is 13.2. The lowest BCUT2D eigenvalue weighted by Gasteiger charge is -2.39. The van der Waals surface area contributed by atoms with E-state index >= 15 is 0 Å². The van der Waals surface area contributed by atoms with Gasteiger partial charge in [0.1, 0.15) is 0 Å². The molecule has 0 N–H and O–H groups in total. The van der Waals surface area contributed by atoms with E-state index in [1.54, 1.807) is 0 Å². The van der Waals surface area contributed by atoms with Crippen LogP contribution in [0.5, 0.6) is 0 Å². The zero-order chi connectivity index (χ0) is 14.0. The third-order valence-corrected chi connectivity index (χ3v) is 6.08. The molecule has 0 aliphatic heterocycles. The zero-order valence-corrected chi connectivity index (χ0v) is 13.2. The van der Waals surface area contributed by atoms with Crippen molar-refractivity contribution in [2.45, 2.75) is 71.8 Å². The molecule has 4 atom stereocenters. The number of carbonyl (C=O) groups excluding carboxylic acids is 1. The average molecular weight is 265 g/mol. The molecule has 2 nitrogen and oxygen atoms in total. The molecule has 0 aromatic heterocycles. The van der Waals surface area contributed by atoms with Crippen molar-refractivity contribution < 1.29 is 4.79 Å². The number of hydrogen-bond acceptors (Lipinski definition) is 2. The highest BCUT2D eigenvalue weighted by Crippen LogP contribution is 2.50. The molecule has 19 heavy (non-hydrogen) atoms. The Bertz CT molecular complexity index is 323. The van der Waals surface area contributed by atoms with E-state index in [2.05, 4.69) is 32.6 Å². The predicted molar refractivity (Wildman–Crippen MR) is 80.2 cm³/mol. The van der Waals surface area contributed by atoms with Gasteiger partial charge >= 0.3 is 0 Å². The van der Waals surface area contributed by atoms with E-state index < -0.39 is 0 Å². The maximum atomic E-state index is 12.8.